The van der Waals surface area contributed by atoms with Gasteiger partial charge in [-0.3, -0.25) is 4.57 Å². The molecule has 0 saturated heterocycles. The van der Waals surface area contributed by atoms with Crippen molar-refractivity contribution in [3.63, 3.8) is 0 Å². The number of nitrogens with zero attached hydrogens (tertiary/aromatic N) is 4. The summed E-state index contributed by atoms with van der Waals surface area (Å²) < 4.78 is 4.69. The molecule has 0 fully saturated rings. The molecule has 4 nitrogen and oxygen atoms in total. The van der Waals surface area contributed by atoms with Crippen LogP contribution in [0.4, 0.5) is 0 Å². The number of pyridine rings is 2. The molecule has 0 aliphatic carbocycles. The van der Waals surface area contributed by atoms with Crippen LogP contribution in [0.25, 0.3) is 99.3 Å². The number of para-hydroxylation sites is 5. The highest BCUT2D eigenvalue weighted by atomic mass is 15.1. The van der Waals surface area contributed by atoms with Crippen LogP contribution < -0.4 is 0 Å². The molecule has 0 aliphatic rings. The van der Waals surface area contributed by atoms with Crippen LogP contribution in [0.2, 0.25) is 0 Å². The molecular weight excluding hydrogens is 633 g/mol. The van der Waals surface area contributed by atoms with Crippen LogP contribution in [0.1, 0.15) is 0 Å². The van der Waals surface area contributed by atoms with Gasteiger partial charge in [-0.2, -0.15) is 0 Å². The molecule has 0 atom stereocenters. The van der Waals surface area contributed by atoms with Crippen LogP contribution in [0.3, 0.4) is 0 Å². The van der Waals surface area contributed by atoms with Crippen LogP contribution in [0.5, 0.6) is 0 Å². The zero-order valence-electron chi connectivity index (χ0n) is 28.1. The van der Waals surface area contributed by atoms with Crippen LogP contribution in [-0.4, -0.2) is 19.1 Å². The molecule has 0 spiro atoms. The second-order valence-electron chi connectivity index (χ2n) is 13.4. The fourth-order valence-corrected chi connectivity index (χ4v) is 8.14. The topological polar surface area (TPSA) is 35.6 Å². The van der Waals surface area contributed by atoms with Crippen LogP contribution >= 0.6 is 0 Å². The second-order valence-corrected chi connectivity index (χ2v) is 13.4. The lowest BCUT2D eigenvalue weighted by atomic mass is 9.97. The first-order valence-electron chi connectivity index (χ1n) is 17.7. The minimum atomic E-state index is 0.888. The number of aromatic nitrogens is 4. The Kier molecular flexibility index (Phi) is 6.22. The van der Waals surface area contributed by atoms with Gasteiger partial charge in [0.25, 0.3) is 0 Å². The monoisotopic (exact) mass is 662 g/mol. The molecule has 0 saturated carbocycles. The van der Waals surface area contributed by atoms with E-state index in [2.05, 4.69) is 185 Å². The Morgan fingerprint density at radius 2 is 0.923 bits per heavy atom. The molecule has 0 bridgehead atoms. The Labute approximate surface area is 299 Å². The first-order chi connectivity index (χ1) is 25.8. The summed E-state index contributed by atoms with van der Waals surface area (Å²) in [5, 5.41) is 7.14. The van der Waals surface area contributed by atoms with Crippen molar-refractivity contribution >= 4 is 65.4 Å². The molecule has 0 N–H and O–H groups in total. The molecule has 7 aromatic carbocycles. The van der Waals surface area contributed by atoms with Crippen LogP contribution in [0.15, 0.2) is 182 Å². The predicted molar refractivity (Wildman–Crippen MR) is 217 cm³/mol. The highest BCUT2D eigenvalue weighted by Crippen LogP contribution is 2.39. The Hall–Kier alpha value is -7.04. The van der Waals surface area contributed by atoms with Crippen LogP contribution in [-0.2, 0) is 0 Å². The molecule has 0 aliphatic heterocycles. The van der Waals surface area contributed by atoms with Crippen molar-refractivity contribution in [3.05, 3.63) is 182 Å². The minimum Gasteiger partial charge on any atom is -0.309 e. The number of fused-ring (bicyclic) bond motifs is 8. The van der Waals surface area contributed by atoms with Gasteiger partial charge in [0.05, 0.1) is 38.8 Å². The minimum absolute atomic E-state index is 0.888. The molecule has 52 heavy (non-hydrogen) atoms. The van der Waals surface area contributed by atoms with Gasteiger partial charge in [-0.25, -0.2) is 9.97 Å². The summed E-state index contributed by atoms with van der Waals surface area (Å²) in [6, 6.07) is 64.9. The maximum atomic E-state index is 5.41. The maximum absolute atomic E-state index is 5.41. The van der Waals surface area contributed by atoms with E-state index >= 15 is 0 Å². The van der Waals surface area contributed by atoms with Crippen molar-refractivity contribution in [2.24, 2.45) is 0 Å². The number of rotatable bonds is 4. The van der Waals surface area contributed by atoms with Gasteiger partial charge in [-0.15, -0.1) is 0 Å². The SMILES string of the molecule is c1cc(-c2ccc3ccccc3n2)cc(-c2cc(-n3c4ccccc4c4ccccc43)nc3ccc(-n4c5ccccc5c5ccccc54)cc23)c1. The number of hydrogen-bond acceptors (Lipinski definition) is 2. The van der Waals surface area contributed by atoms with Gasteiger partial charge < -0.3 is 4.57 Å². The fourth-order valence-electron chi connectivity index (χ4n) is 8.14. The van der Waals surface area contributed by atoms with E-state index < -0.39 is 0 Å². The van der Waals surface area contributed by atoms with Gasteiger partial charge in [-0.05, 0) is 77.9 Å². The Balaban J connectivity index is 1.19. The third kappa shape index (κ3) is 4.34. The van der Waals surface area contributed by atoms with Crippen molar-refractivity contribution in [3.8, 4) is 33.9 Å². The standard InChI is InChI=1S/C48H30N4/c1-6-19-41-31(12-1)24-26-42(49-41)33-14-11-13-32(28-33)39-30-48(52-46-22-9-4-17-37(46)38-18-5-10-23-47(38)52)50-43-27-25-34(29-40(39)43)51-44-20-7-2-15-35(44)36-16-3-8-21-45(36)51/h1-30H. The summed E-state index contributed by atoms with van der Waals surface area (Å²) in [7, 11) is 0. The quantitative estimate of drug-likeness (QED) is 0.188. The van der Waals surface area contributed by atoms with E-state index in [-0.39, 0.29) is 0 Å². The van der Waals surface area contributed by atoms with Crippen molar-refractivity contribution in [1.29, 1.82) is 0 Å². The molecule has 4 heterocycles. The fraction of sp³-hybridized carbons (Fsp3) is 0. The molecule has 11 aromatic rings. The van der Waals surface area contributed by atoms with E-state index in [0.29, 0.717) is 0 Å². The van der Waals surface area contributed by atoms with Gasteiger partial charge in [-0.1, -0.05) is 115 Å². The lowest BCUT2D eigenvalue weighted by Gasteiger charge is -2.16. The average molecular weight is 663 g/mol. The van der Waals surface area contributed by atoms with E-state index in [9.17, 15) is 0 Å². The molecule has 4 aromatic heterocycles. The van der Waals surface area contributed by atoms with Crippen molar-refractivity contribution in [1.82, 2.24) is 19.1 Å². The molecular formula is C48H30N4. The summed E-state index contributed by atoms with van der Waals surface area (Å²) in [6.45, 7) is 0. The van der Waals surface area contributed by atoms with E-state index in [1.807, 2.05) is 6.07 Å². The van der Waals surface area contributed by atoms with E-state index in [1.165, 1.54) is 32.6 Å². The van der Waals surface area contributed by atoms with Gasteiger partial charge >= 0.3 is 0 Å². The first-order valence-corrected chi connectivity index (χ1v) is 17.7. The molecule has 11 rings (SSSR count). The van der Waals surface area contributed by atoms with E-state index in [1.54, 1.807) is 0 Å². The largest absolute Gasteiger partial charge is 0.309 e. The molecule has 0 amide bonds. The summed E-state index contributed by atoms with van der Waals surface area (Å²) in [6.07, 6.45) is 0. The predicted octanol–water partition coefficient (Wildman–Crippen LogP) is 12.3. The Morgan fingerprint density at radius 3 is 1.60 bits per heavy atom. The highest BCUT2D eigenvalue weighted by molar-refractivity contribution is 6.11. The lowest BCUT2D eigenvalue weighted by molar-refractivity contribution is 1.10. The van der Waals surface area contributed by atoms with Gasteiger partial charge in [0, 0.05) is 43.6 Å². The lowest BCUT2D eigenvalue weighted by Crippen LogP contribution is -2.00. The Bertz CT molecular complexity index is 3090. The summed E-state index contributed by atoms with van der Waals surface area (Å²) in [5.41, 5.74) is 11.9. The maximum Gasteiger partial charge on any atom is 0.138 e. The molecule has 242 valence electrons. The Morgan fingerprint density at radius 1 is 0.346 bits per heavy atom. The van der Waals surface area contributed by atoms with Gasteiger partial charge in [0.1, 0.15) is 5.82 Å². The number of hydrogen-bond donors (Lipinski definition) is 0. The zero-order valence-corrected chi connectivity index (χ0v) is 28.1. The average Bonchev–Trinajstić information content (AvgIpc) is 3.73. The third-order valence-electron chi connectivity index (χ3n) is 10.5. The van der Waals surface area contributed by atoms with E-state index in [4.69, 9.17) is 9.97 Å². The van der Waals surface area contributed by atoms with Crippen molar-refractivity contribution in [2.75, 3.05) is 0 Å². The van der Waals surface area contributed by atoms with Crippen molar-refractivity contribution < 1.29 is 0 Å². The van der Waals surface area contributed by atoms with Crippen molar-refractivity contribution in [2.45, 2.75) is 0 Å². The molecule has 4 heteroatoms. The normalized spacial score (nSPS) is 11.8. The summed E-state index contributed by atoms with van der Waals surface area (Å²) in [5.74, 6) is 0.888. The number of benzene rings is 7. The smallest absolute Gasteiger partial charge is 0.138 e. The summed E-state index contributed by atoms with van der Waals surface area (Å²) in [4.78, 5) is 10.5. The van der Waals surface area contributed by atoms with Gasteiger partial charge in [0.15, 0.2) is 0 Å². The van der Waals surface area contributed by atoms with E-state index in [0.717, 1.165) is 66.7 Å². The zero-order chi connectivity index (χ0) is 34.2. The molecule has 0 radical (unpaired) electrons. The van der Waals surface area contributed by atoms with Gasteiger partial charge in [0.2, 0.25) is 0 Å². The van der Waals surface area contributed by atoms with Crippen LogP contribution in [0, 0.1) is 0 Å². The second kappa shape index (κ2) is 11.2. The highest BCUT2D eigenvalue weighted by Gasteiger charge is 2.18. The summed E-state index contributed by atoms with van der Waals surface area (Å²) >= 11 is 0. The third-order valence-corrected chi connectivity index (χ3v) is 10.5. The molecule has 0 unspecified atom stereocenters. The first kappa shape index (κ1) is 28.8.